The zero-order valence-electron chi connectivity index (χ0n) is 14.2. The standard InChI is InChI=1S/C20H34S/c1-3-5-6-7-8-12-16-20(13-4-2)21-18-17-19-14-10-9-11-15-19/h9-11,14-15,20H,3-8,12-13,16-18H2,1-2H3. The van der Waals surface area contributed by atoms with E-state index in [-0.39, 0.29) is 0 Å². The van der Waals surface area contributed by atoms with E-state index >= 15 is 0 Å². The van der Waals surface area contributed by atoms with Crippen LogP contribution in [0.25, 0.3) is 0 Å². The molecule has 0 aliphatic rings. The van der Waals surface area contributed by atoms with Crippen LogP contribution in [-0.2, 0) is 6.42 Å². The SMILES string of the molecule is CCCCCCCCC(CCC)SCCc1ccccc1. The lowest BCUT2D eigenvalue weighted by atomic mass is 10.1. The highest BCUT2D eigenvalue weighted by Gasteiger charge is 2.08. The second-order valence-corrected chi connectivity index (χ2v) is 7.48. The highest BCUT2D eigenvalue weighted by atomic mass is 32.2. The van der Waals surface area contributed by atoms with E-state index in [0.717, 1.165) is 5.25 Å². The van der Waals surface area contributed by atoms with Gasteiger partial charge < -0.3 is 0 Å². The molecule has 0 spiro atoms. The average Bonchev–Trinajstić information content (AvgIpc) is 2.51. The molecule has 1 heteroatoms. The molecule has 120 valence electrons. The summed E-state index contributed by atoms with van der Waals surface area (Å²) in [4.78, 5) is 0. The summed E-state index contributed by atoms with van der Waals surface area (Å²) in [6, 6.07) is 10.9. The first-order chi connectivity index (χ1) is 10.4. The van der Waals surface area contributed by atoms with Gasteiger partial charge in [-0.3, -0.25) is 0 Å². The summed E-state index contributed by atoms with van der Waals surface area (Å²) in [6.07, 6.45) is 13.9. The molecule has 0 fully saturated rings. The predicted molar refractivity (Wildman–Crippen MR) is 99.3 cm³/mol. The van der Waals surface area contributed by atoms with Crippen molar-refractivity contribution in [1.82, 2.24) is 0 Å². The van der Waals surface area contributed by atoms with Crippen LogP contribution in [0.5, 0.6) is 0 Å². The van der Waals surface area contributed by atoms with Crippen molar-refractivity contribution in [2.24, 2.45) is 0 Å². The number of rotatable bonds is 13. The molecule has 1 unspecified atom stereocenters. The molecule has 0 N–H and O–H groups in total. The molecule has 1 aromatic rings. The van der Waals surface area contributed by atoms with Gasteiger partial charge in [0.05, 0.1) is 0 Å². The van der Waals surface area contributed by atoms with Crippen LogP contribution in [-0.4, -0.2) is 11.0 Å². The Kier molecular flexibility index (Phi) is 11.7. The monoisotopic (exact) mass is 306 g/mol. The van der Waals surface area contributed by atoms with Gasteiger partial charge in [-0.25, -0.2) is 0 Å². The van der Waals surface area contributed by atoms with Crippen LogP contribution in [0.2, 0.25) is 0 Å². The summed E-state index contributed by atoms with van der Waals surface area (Å²) in [5, 5.41) is 0.893. The number of hydrogen-bond donors (Lipinski definition) is 0. The summed E-state index contributed by atoms with van der Waals surface area (Å²) in [5.74, 6) is 1.28. The highest BCUT2D eigenvalue weighted by molar-refractivity contribution is 7.99. The second-order valence-electron chi connectivity index (χ2n) is 6.07. The number of aryl methyl sites for hydroxylation is 1. The van der Waals surface area contributed by atoms with E-state index in [9.17, 15) is 0 Å². The molecule has 0 bridgehead atoms. The van der Waals surface area contributed by atoms with Gasteiger partial charge in [0.2, 0.25) is 0 Å². The Morgan fingerprint density at radius 2 is 1.52 bits per heavy atom. The minimum Gasteiger partial charge on any atom is -0.158 e. The van der Waals surface area contributed by atoms with E-state index < -0.39 is 0 Å². The van der Waals surface area contributed by atoms with E-state index in [1.807, 2.05) is 0 Å². The maximum Gasteiger partial charge on any atom is 0.00470 e. The molecule has 0 aromatic heterocycles. The third-order valence-electron chi connectivity index (χ3n) is 4.08. The van der Waals surface area contributed by atoms with Crippen LogP contribution in [0.1, 0.15) is 77.2 Å². The fourth-order valence-corrected chi connectivity index (χ4v) is 4.20. The molecular weight excluding hydrogens is 272 g/mol. The van der Waals surface area contributed by atoms with E-state index in [4.69, 9.17) is 0 Å². The quantitative estimate of drug-likeness (QED) is 0.358. The molecule has 0 aliphatic heterocycles. The van der Waals surface area contributed by atoms with Gasteiger partial charge >= 0.3 is 0 Å². The van der Waals surface area contributed by atoms with Gasteiger partial charge in [0, 0.05) is 5.25 Å². The van der Waals surface area contributed by atoms with Gasteiger partial charge in [0.15, 0.2) is 0 Å². The van der Waals surface area contributed by atoms with Gasteiger partial charge in [-0.2, -0.15) is 11.8 Å². The molecule has 1 atom stereocenters. The lowest BCUT2D eigenvalue weighted by molar-refractivity contribution is 0.569. The zero-order chi connectivity index (χ0) is 15.2. The van der Waals surface area contributed by atoms with Crippen LogP contribution in [0.3, 0.4) is 0 Å². The maximum absolute atomic E-state index is 2.33. The molecule has 0 heterocycles. The Hall–Kier alpha value is -0.430. The number of hydrogen-bond acceptors (Lipinski definition) is 1. The molecule has 0 saturated heterocycles. The number of benzene rings is 1. The van der Waals surface area contributed by atoms with Crippen molar-refractivity contribution >= 4 is 11.8 Å². The first-order valence-corrected chi connectivity index (χ1v) is 10.1. The van der Waals surface area contributed by atoms with Crippen LogP contribution in [0.15, 0.2) is 30.3 Å². The molecule has 0 amide bonds. The van der Waals surface area contributed by atoms with Crippen molar-refractivity contribution < 1.29 is 0 Å². The largest absolute Gasteiger partial charge is 0.158 e. The van der Waals surface area contributed by atoms with Crippen molar-refractivity contribution in [3.8, 4) is 0 Å². The summed E-state index contributed by atoms with van der Waals surface area (Å²) in [6.45, 7) is 4.62. The Bertz CT molecular complexity index is 320. The van der Waals surface area contributed by atoms with E-state index in [1.165, 1.54) is 75.5 Å². The maximum atomic E-state index is 2.33. The first-order valence-electron chi connectivity index (χ1n) is 9.02. The van der Waals surface area contributed by atoms with E-state index in [0.29, 0.717) is 0 Å². The minimum atomic E-state index is 0.893. The normalized spacial score (nSPS) is 12.5. The Morgan fingerprint density at radius 3 is 2.24 bits per heavy atom. The van der Waals surface area contributed by atoms with Crippen molar-refractivity contribution in [3.63, 3.8) is 0 Å². The lowest BCUT2D eigenvalue weighted by Crippen LogP contribution is -2.04. The van der Waals surface area contributed by atoms with Gasteiger partial charge in [-0.05, 0) is 30.6 Å². The van der Waals surface area contributed by atoms with Crippen molar-refractivity contribution in [2.45, 2.75) is 83.3 Å². The van der Waals surface area contributed by atoms with E-state index in [1.54, 1.807) is 0 Å². The molecule has 1 aromatic carbocycles. The van der Waals surface area contributed by atoms with Gasteiger partial charge in [-0.1, -0.05) is 89.1 Å². The smallest absolute Gasteiger partial charge is 0.00470 e. The summed E-state index contributed by atoms with van der Waals surface area (Å²) in [7, 11) is 0. The third kappa shape index (κ3) is 10.0. The summed E-state index contributed by atoms with van der Waals surface area (Å²) < 4.78 is 0. The fraction of sp³-hybridized carbons (Fsp3) is 0.700. The fourth-order valence-electron chi connectivity index (χ4n) is 2.77. The minimum absolute atomic E-state index is 0.893. The number of thioether (sulfide) groups is 1. The molecule has 0 radical (unpaired) electrons. The van der Waals surface area contributed by atoms with Crippen molar-refractivity contribution in [3.05, 3.63) is 35.9 Å². The van der Waals surface area contributed by atoms with Crippen LogP contribution in [0, 0.1) is 0 Å². The summed E-state index contributed by atoms with van der Waals surface area (Å²) in [5.41, 5.74) is 1.49. The van der Waals surface area contributed by atoms with Crippen LogP contribution in [0.4, 0.5) is 0 Å². The Morgan fingerprint density at radius 1 is 0.810 bits per heavy atom. The first kappa shape index (κ1) is 18.6. The van der Waals surface area contributed by atoms with Crippen LogP contribution >= 0.6 is 11.8 Å². The zero-order valence-corrected chi connectivity index (χ0v) is 15.0. The van der Waals surface area contributed by atoms with Gasteiger partial charge in [-0.15, -0.1) is 0 Å². The molecule has 0 saturated carbocycles. The van der Waals surface area contributed by atoms with Crippen molar-refractivity contribution in [1.29, 1.82) is 0 Å². The number of unbranched alkanes of at least 4 members (excludes halogenated alkanes) is 5. The summed E-state index contributed by atoms with van der Waals surface area (Å²) >= 11 is 2.21. The Balaban J connectivity index is 2.11. The van der Waals surface area contributed by atoms with Crippen molar-refractivity contribution in [2.75, 3.05) is 5.75 Å². The lowest BCUT2D eigenvalue weighted by Gasteiger charge is -2.15. The molecule has 0 aliphatic carbocycles. The predicted octanol–water partition coefficient (Wildman–Crippen LogP) is 6.88. The molecule has 1 rings (SSSR count). The highest BCUT2D eigenvalue weighted by Crippen LogP contribution is 2.24. The average molecular weight is 307 g/mol. The van der Waals surface area contributed by atoms with E-state index in [2.05, 4.69) is 55.9 Å². The third-order valence-corrected chi connectivity index (χ3v) is 5.46. The molecule has 21 heavy (non-hydrogen) atoms. The Labute approximate surface area is 137 Å². The second kappa shape index (κ2) is 13.2. The molecule has 0 nitrogen and oxygen atoms in total. The van der Waals surface area contributed by atoms with Crippen LogP contribution < -0.4 is 0 Å². The topological polar surface area (TPSA) is 0 Å². The molecular formula is C20H34S. The van der Waals surface area contributed by atoms with Gasteiger partial charge in [0.25, 0.3) is 0 Å². The van der Waals surface area contributed by atoms with Gasteiger partial charge in [0.1, 0.15) is 0 Å².